The van der Waals surface area contributed by atoms with Gasteiger partial charge in [-0.2, -0.15) is 0 Å². The fraction of sp³-hybridized carbons (Fsp3) is 0.0833. The molecule has 164 valence electrons. The number of para-hydroxylation sites is 2. The van der Waals surface area contributed by atoms with E-state index in [-0.39, 0.29) is 19.0 Å². The summed E-state index contributed by atoms with van der Waals surface area (Å²) in [5.41, 5.74) is 3.05. The Morgan fingerprint density at radius 3 is 2.70 bits per heavy atom. The van der Waals surface area contributed by atoms with Gasteiger partial charge in [0.25, 0.3) is 5.56 Å². The highest BCUT2D eigenvalue weighted by Gasteiger charge is 2.15. The van der Waals surface area contributed by atoms with Crippen LogP contribution in [0, 0.1) is 0 Å². The van der Waals surface area contributed by atoms with E-state index < -0.39 is 0 Å². The molecule has 0 radical (unpaired) electrons. The van der Waals surface area contributed by atoms with Crippen molar-refractivity contribution in [3.05, 3.63) is 90.7 Å². The van der Waals surface area contributed by atoms with Gasteiger partial charge in [0.15, 0.2) is 22.2 Å². The Labute approximate surface area is 201 Å². The molecule has 6 rings (SSSR count). The molecular formula is C24H14Cl2N2O4S. The van der Waals surface area contributed by atoms with Crippen LogP contribution in [0.4, 0.5) is 0 Å². The van der Waals surface area contributed by atoms with Crippen LogP contribution in [0.2, 0.25) is 10.0 Å². The van der Waals surface area contributed by atoms with Gasteiger partial charge in [-0.15, -0.1) is 0 Å². The molecule has 1 aliphatic heterocycles. The Bertz CT molecular complexity index is 1640. The highest BCUT2D eigenvalue weighted by molar-refractivity contribution is 7.15. The minimum Gasteiger partial charge on any atom is -0.486 e. The van der Waals surface area contributed by atoms with Gasteiger partial charge in [-0.3, -0.25) is 4.79 Å². The molecule has 0 bridgehead atoms. The Morgan fingerprint density at radius 1 is 1.06 bits per heavy atom. The Kier molecular flexibility index (Phi) is 4.90. The first-order valence-electron chi connectivity index (χ1n) is 9.99. The predicted molar refractivity (Wildman–Crippen MR) is 129 cm³/mol. The molecule has 6 nitrogen and oxygen atoms in total. The fourth-order valence-corrected chi connectivity index (χ4v) is 5.35. The van der Waals surface area contributed by atoms with Gasteiger partial charge in [-0.1, -0.05) is 52.7 Å². The van der Waals surface area contributed by atoms with E-state index in [1.165, 1.54) is 11.3 Å². The average molecular weight is 497 g/mol. The number of hydrogen-bond donors (Lipinski definition) is 0. The maximum atomic E-state index is 13.0. The van der Waals surface area contributed by atoms with Crippen LogP contribution < -0.4 is 24.3 Å². The largest absolute Gasteiger partial charge is 0.486 e. The Balaban J connectivity index is 1.31. The number of benzene rings is 3. The molecule has 3 aromatic carbocycles. The van der Waals surface area contributed by atoms with Crippen LogP contribution in [-0.2, 0) is 6.61 Å². The van der Waals surface area contributed by atoms with Gasteiger partial charge in [0.1, 0.15) is 6.61 Å². The van der Waals surface area contributed by atoms with Gasteiger partial charge in [-0.05, 0) is 53.6 Å². The Hall–Kier alpha value is -3.26. The highest BCUT2D eigenvalue weighted by atomic mass is 35.5. The van der Waals surface area contributed by atoms with Gasteiger partial charge in [0.05, 0.1) is 25.6 Å². The van der Waals surface area contributed by atoms with Gasteiger partial charge in [0.2, 0.25) is 6.79 Å². The normalized spacial score (nSPS) is 13.3. The minimum absolute atomic E-state index is 0.126. The van der Waals surface area contributed by atoms with Gasteiger partial charge >= 0.3 is 0 Å². The van der Waals surface area contributed by atoms with E-state index in [0.29, 0.717) is 42.4 Å². The van der Waals surface area contributed by atoms with Crippen molar-refractivity contribution < 1.29 is 14.2 Å². The van der Waals surface area contributed by atoms with Crippen molar-refractivity contribution in [2.45, 2.75) is 6.61 Å². The van der Waals surface area contributed by atoms with Crippen LogP contribution in [-0.4, -0.2) is 16.2 Å². The molecule has 9 heteroatoms. The molecule has 1 aliphatic rings. The summed E-state index contributed by atoms with van der Waals surface area (Å²) in [5.74, 6) is 1.77. The van der Waals surface area contributed by atoms with E-state index in [1.807, 2.05) is 42.5 Å². The summed E-state index contributed by atoms with van der Waals surface area (Å²) < 4.78 is 18.8. The fourth-order valence-electron chi connectivity index (χ4n) is 3.75. The van der Waals surface area contributed by atoms with Gasteiger partial charge in [-0.25, -0.2) is 9.38 Å². The second-order valence-electron chi connectivity index (χ2n) is 7.42. The molecule has 0 spiro atoms. The first kappa shape index (κ1) is 20.4. The van der Waals surface area contributed by atoms with Gasteiger partial charge < -0.3 is 14.2 Å². The van der Waals surface area contributed by atoms with Crippen LogP contribution in [0.3, 0.4) is 0 Å². The topological polar surface area (TPSA) is 62.1 Å². The summed E-state index contributed by atoms with van der Waals surface area (Å²) in [5, 5.41) is 0.711. The lowest BCUT2D eigenvalue weighted by molar-refractivity contribution is 0.174. The SMILES string of the molecule is O=c1c(=Cc2cc(Cl)c(OCc3ccc4c(c3)OCO4)c(Cl)c2)sc2nc3ccccc3n12. The lowest BCUT2D eigenvalue weighted by atomic mass is 10.2. The standard InChI is InChI=1S/C24H14Cl2N2O4S/c25-15-7-14(10-21-23(29)28-18-4-2-1-3-17(18)27-24(28)33-21)8-16(26)22(15)30-11-13-5-6-19-20(9-13)32-12-31-19/h1-10H,11-12H2. The average Bonchev–Trinajstić information content (AvgIpc) is 3.48. The molecule has 2 aromatic heterocycles. The number of nitrogens with zero attached hydrogens (tertiary/aromatic N) is 2. The maximum absolute atomic E-state index is 13.0. The summed E-state index contributed by atoms with van der Waals surface area (Å²) >= 11 is 14.3. The maximum Gasteiger partial charge on any atom is 0.274 e. The monoisotopic (exact) mass is 496 g/mol. The van der Waals surface area contributed by atoms with Crippen molar-refractivity contribution in [1.82, 2.24) is 9.38 Å². The van der Waals surface area contributed by atoms with E-state index in [2.05, 4.69) is 4.98 Å². The number of thiazole rings is 1. The zero-order valence-electron chi connectivity index (χ0n) is 16.9. The molecule has 5 aromatic rings. The van der Waals surface area contributed by atoms with E-state index in [4.69, 9.17) is 37.4 Å². The van der Waals surface area contributed by atoms with Crippen molar-refractivity contribution in [1.29, 1.82) is 0 Å². The molecule has 0 amide bonds. The lowest BCUT2D eigenvalue weighted by Crippen LogP contribution is -2.22. The smallest absolute Gasteiger partial charge is 0.274 e. The number of ether oxygens (including phenoxy) is 3. The summed E-state index contributed by atoms with van der Waals surface area (Å²) in [6.07, 6.45) is 1.76. The lowest BCUT2D eigenvalue weighted by Gasteiger charge is -2.11. The van der Waals surface area contributed by atoms with Crippen molar-refractivity contribution in [2.75, 3.05) is 6.79 Å². The van der Waals surface area contributed by atoms with Crippen LogP contribution in [0.15, 0.2) is 59.4 Å². The van der Waals surface area contributed by atoms with Crippen molar-refractivity contribution in [3.8, 4) is 17.2 Å². The molecule has 0 aliphatic carbocycles. The number of aromatic nitrogens is 2. The van der Waals surface area contributed by atoms with E-state index in [0.717, 1.165) is 16.6 Å². The molecule has 33 heavy (non-hydrogen) atoms. The van der Waals surface area contributed by atoms with Crippen molar-refractivity contribution >= 4 is 56.6 Å². The third kappa shape index (κ3) is 3.58. The first-order chi connectivity index (χ1) is 16.1. The third-order valence-corrected chi connectivity index (χ3v) is 6.81. The second kappa shape index (κ2) is 7.95. The first-order valence-corrected chi connectivity index (χ1v) is 11.6. The van der Waals surface area contributed by atoms with Gasteiger partial charge in [0, 0.05) is 0 Å². The molecular weight excluding hydrogens is 483 g/mol. The molecule has 0 fully saturated rings. The highest BCUT2D eigenvalue weighted by Crippen LogP contribution is 2.36. The number of rotatable bonds is 4. The zero-order chi connectivity index (χ0) is 22.5. The summed E-state index contributed by atoms with van der Waals surface area (Å²) in [6.45, 7) is 0.478. The molecule has 0 N–H and O–H groups in total. The molecule has 0 unspecified atom stereocenters. The summed E-state index contributed by atoms with van der Waals surface area (Å²) in [7, 11) is 0. The number of halogens is 2. The van der Waals surface area contributed by atoms with Crippen molar-refractivity contribution in [2.24, 2.45) is 0 Å². The van der Waals surface area contributed by atoms with Crippen LogP contribution >= 0.6 is 34.5 Å². The van der Waals surface area contributed by atoms with E-state index >= 15 is 0 Å². The quantitative estimate of drug-likeness (QED) is 0.347. The van der Waals surface area contributed by atoms with Crippen molar-refractivity contribution in [3.63, 3.8) is 0 Å². The number of imidazole rings is 1. The molecule has 0 saturated carbocycles. The summed E-state index contributed by atoms with van der Waals surface area (Å²) in [6, 6.07) is 16.6. The summed E-state index contributed by atoms with van der Waals surface area (Å²) in [4.78, 5) is 18.2. The van der Waals surface area contributed by atoms with Crippen LogP contribution in [0.5, 0.6) is 17.2 Å². The minimum atomic E-state index is -0.126. The van der Waals surface area contributed by atoms with Crippen LogP contribution in [0.25, 0.3) is 22.1 Å². The predicted octanol–water partition coefficient (Wildman–Crippen LogP) is 5.07. The zero-order valence-corrected chi connectivity index (χ0v) is 19.2. The van der Waals surface area contributed by atoms with Crippen LogP contribution in [0.1, 0.15) is 11.1 Å². The van der Waals surface area contributed by atoms with E-state index in [1.54, 1.807) is 22.6 Å². The third-order valence-electron chi connectivity index (χ3n) is 5.28. The second-order valence-corrected chi connectivity index (χ2v) is 9.25. The van der Waals surface area contributed by atoms with E-state index in [9.17, 15) is 4.79 Å². The molecule has 0 saturated heterocycles. The number of fused-ring (bicyclic) bond motifs is 4. The molecule has 3 heterocycles. The Morgan fingerprint density at radius 2 is 1.85 bits per heavy atom. The number of hydrogen-bond acceptors (Lipinski definition) is 6. The molecule has 0 atom stereocenters.